The largest absolute Gasteiger partial charge is 0.469 e. The first-order valence-electron chi connectivity index (χ1n) is 11.0. The highest BCUT2D eigenvalue weighted by molar-refractivity contribution is 6.04. The summed E-state index contributed by atoms with van der Waals surface area (Å²) in [6.45, 7) is 3.57. The minimum absolute atomic E-state index is 0.181. The fourth-order valence-electron chi connectivity index (χ4n) is 3.62. The van der Waals surface area contributed by atoms with Crippen molar-refractivity contribution in [1.82, 2.24) is 4.98 Å². The monoisotopic (exact) mass is 454 g/mol. The molecule has 0 radical (unpaired) electrons. The molecule has 1 amide bonds. The van der Waals surface area contributed by atoms with Gasteiger partial charge in [0.05, 0.1) is 18.7 Å². The average Bonchev–Trinajstić information content (AvgIpc) is 3.32. The number of nitrogens with zero attached hydrogens (tertiary/aromatic N) is 1. The summed E-state index contributed by atoms with van der Waals surface area (Å²) in [4.78, 5) is 28.8. The van der Waals surface area contributed by atoms with E-state index in [1.54, 1.807) is 20.0 Å². The topological polar surface area (TPSA) is 81.4 Å². The van der Waals surface area contributed by atoms with Gasteiger partial charge in [-0.1, -0.05) is 42.5 Å². The maximum atomic E-state index is 12.7. The van der Waals surface area contributed by atoms with Crippen LogP contribution in [0.15, 0.2) is 89.5 Å². The zero-order chi connectivity index (χ0) is 24.1. The molecule has 34 heavy (non-hydrogen) atoms. The van der Waals surface area contributed by atoms with Crippen LogP contribution in [0.25, 0.3) is 22.5 Å². The zero-order valence-corrected chi connectivity index (χ0v) is 19.4. The summed E-state index contributed by atoms with van der Waals surface area (Å²) in [5, 5.41) is 2.91. The SMILES string of the molecule is COC(=O)C(C)(C)Cc1ncc(-c2ccc(NC(=O)c3ccc(-c4ccccc4)cc3)cc2)o1. The van der Waals surface area contributed by atoms with E-state index in [9.17, 15) is 9.59 Å². The Balaban J connectivity index is 1.40. The molecule has 0 bridgehead atoms. The zero-order valence-electron chi connectivity index (χ0n) is 19.4. The van der Waals surface area contributed by atoms with Crippen molar-refractivity contribution in [2.45, 2.75) is 20.3 Å². The number of nitrogens with one attached hydrogen (secondary N) is 1. The summed E-state index contributed by atoms with van der Waals surface area (Å²) in [5.74, 6) is 0.549. The molecule has 1 heterocycles. The van der Waals surface area contributed by atoms with Crippen molar-refractivity contribution in [2.24, 2.45) is 5.41 Å². The molecule has 1 aromatic heterocycles. The lowest BCUT2D eigenvalue weighted by molar-refractivity contribution is -0.150. The third kappa shape index (κ3) is 5.23. The molecule has 6 heteroatoms. The van der Waals surface area contributed by atoms with Gasteiger partial charge in [0.25, 0.3) is 5.91 Å². The van der Waals surface area contributed by atoms with Gasteiger partial charge < -0.3 is 14.5 Å². The second kappa shape index (κ2) is 9.75. The Labute approximate surface area is 198 Å². The number of hydrogen-bond donors (Lipinski definition) is 1. The molecule has 0 fully saturated rings. The third-order valence-corrected chi connectivity index (χ3v) is 5.57. The van der Waals surface area contributed by atoms with E-state index in [0.717, 1.165) is 16.7 Å². The number of methoxy groups -OCH3 is 1. The molecule has 1 N–H and O–H groups in total. The van der Waals surface area contributed by atoms with E-state index >= 15 is 0 Å². The molecule has 0 saturated heterocycles. The molecule has 0 saturated carbocycles. The maximum absolute atomic E-state index is 12.7. The molecule has 0 aliphatic rings. The van der Waals surface area contributed by atoms with Gasteiger partial charge in [-0.3, -0.25) is 9.59 Å². The van der Waals surface area contributed by atoms with Crippen LogP contribution in [-0.2, 0) is 16.0 Å². The van der Waals surface area contributed by atoms with Gasteiger partial charge in [0, 0.05) is 23.2 Å². The number of ether oxygens (including phenoxy) is 1. The van der Waals surface area contributed by atoms with Crippen LogP contribution in [0.1, 0.15) is 30.1 Å². The van der Waals surface area contributed by atoms with Gasteiger partial charge in [0.15, 0.2) is 11.7 Å². The molecule has 3 aromatic carbocycles. The van der Waals surface area contributed by atoms with Crippen LogP contribution >= 0.6 is 0 Å². The first kappa shape index (κ1) is 23.0. The van der Waals surface area contributed by atoms with Crippen LogP contribution in [0.4, 0.5) is 5.69 Å². The number of rotatable bonds is 7. The number of hydrogen-bond acceptors (Lipinski definition) is 5. The van der Waals surface area contributed by atoms with Crippen molar-refractivity contribution in [1.29, 1.82) is 0 Å². The normalized spacial score (nSPS) is 11.1. The van der Waals surface area contributed by atoms with E-state index in [1.165, 1.54) is 7.11 Å². The smallest absolute Gasteiger partial charge is 0.311 e. The van der Waals surface area contributed by atoms with Crippen LogP contribution in [0.2, 0.25) is 0 Å². The van der Waals surface area contributed by atoms with Gasteiger partial charge in [0.1, 0.15) is 0 Å². The quantitative estimate of drug-likeness (QED) is 0.346. The molecule has 4 rings (SSSR count). The van der Waals surface area contributed by atoms with Crippen LogP contribution in [0.3, 0.4) is 0 Å². The highest BCUT2D eigenvalue weighted by Gasteiger charge is 2.31. The predicted molar refractivity (Wildman–Crippen MR) is 131 cm³/mol. The number of amides is 1. The predicted octanol–water partition coefficient (Wildman–Crippen LogP) is 6.00. The van der Waals surface area contributed by atoms with Crippen LogP contribution in [-0.4, -0.2) is 24.0 Å². The second-order valence-corrected chi connectivity index (χ2v) is 8.65. The number of oxazole rings is 1. The Hall–Kier alpha value is -4.19. The molecular weight excluding hydrogens is 428 g/mol. The average molecular weight is 455 g/mol. The number of carbonyl (C=O) groups is 2. The van der Waals surface area contributed by atoms with Crippen LogP contribution in [0, 0.1) is 5.41 Å². The van der Waals surface area contributed by atoms with E-state index in [0.29, 0.717) is 29.3 Å². The van der Waals surface area contributed by atoms with E-state index in [1.807, 2.05) is 78.9 Å². The summed E-state index contributed by atoms with van der Waals surface area (Å²) < 4.78 is 10.7. The number of aromatic nitrogens is 1. The van der Waals surface area contributed by atoms with Gasteiger partial charge in [-0.25, -0.2) is 4.98 Å². The van der Waals surface area contributed by atoms with Crippen molar-refractivity contribution in [3.8, 4) is 22.5 Å². The summed E-state index contributed by atoms with van der Waals surface area (Å²) in [7, 11) is 1.37. The highest BCUT2D eigenvalue weighted by Crippen LogP contribution is 2.27. The first-order valence-corrected chi connectivity index (χ1v) is 11.0. The van der Waals surface area contributed by atoms with E-state index in [2.05, 4.69) is 10.3 Å². The Bertz CT molecular complexity index is 1270. The Morgan fingerprint density at radius 1 is 0.882 bits per heavy atom. The number of benzene rings is 3. The molecule has 0 aliphatic carbocycles. The molecule has 0 aliphatic heterocycles. The molecule has 4 aromatic rings. The van der Waals surface area contributed by atoms with E-state index in [-0.39, 0.29) is 11.9 Å². The number of anilines is 1. The summed E-state index contributed by atoms with van der Waals surface area (Å²) in [6.07, 6.45) is 1.96. The maximum Gasteiger partial charge on any atom is 0.311 e. The fraction of sp³-hybridized carbons (Fsp3) is 0.179. The van der Waals surface area contributed by atoms with Crippen molar-refractivity contribution in [3.05, 3.63) is 96.5 Å². The highest BCUT2D eigenvalue weighted by atomic mass is 16.5. The van der Waals surface area contributed by atoms with Gasteiger partial charge >= 0.3 is 5.97 Å². The lowest BCUT2D eigenvalue weighted by Gasteiger charge is -2.18. The fourth-order valence-corrected chi connectivity index (χ4v) is 3.62. The molecule has 172 valence electrons. The van der Waals surface area contributed by atoms with Crippen molar-refractivity contribution in [2.75, 3.05) is 12.4 Å². The van der Waals surface area contributed by atoms with Gasteiger partial charge in [-0.2, -0.15) is 0 Å². The summed E-state index contributed by atoms with van der Waals surface area (Å²) in [5.41, 5.74) is 3.51. The summed E-state index contributed by atoms with van der Waals surface area (Å²) >= 11 is 0. The Kier molecular flexibility index (Phi) is 6.59. The number of carbonyl (C=O) groups excluding carboxylic acids is 2. The molecule has 0 unspecified atom stereocenters. The van der Waals surface area contributed by atoms with Crippen molar-refractivity contribution >= 4 is 17.6 Å². The Morgan fingerprint density at radius 3 is 2.15 bits per heavy atom. The van der Waals surface area contributed by atoms with Crippen molar-refractivity contribution in [3.63, 3.8) is 0 Å². The molecule has 0 spiro atoms. The molecular formula is C28H26N2O4. The summed E-state index contributed by atoms with van der Waals surface area (Å²) in [6, 6.07) is 24.9. The molecule has 6 nitrogen and oxygen atoms in total. The van der Waals surface area contributed by atoms with Crippen LogP contribution < -0.4 is 5.32 Å². The van der Waals surface area contributed by atoms with Crippen LogP contribution in [0.5, 0.6) is 0 Å². The minimum atomic E-state index is -0.732. The number of esters is 1. The lowest BCUT2D eigenvalue weighted by Crippen LogP contribution is -2.28. The second-order valence-electron chi connectivity index (χ2n) is 8.65. The van der Waals surface area contributed by atoms with Gasteiger partial charge in [-0.05, 0) is 61.4 Å². The standard InChI is InChI=1S/C28H26N2O4/c1-28(2,27(32)33-3)17-25-29-18-24(34-25)21-13-15-23(16-14-21)30-26(31)22-11-9-20(10-12-22)19-7-5-4-6-8-19/h4-16,18H,17H2,1-3H3,(H,30,31). The lowest BCUT2D eigenvalue weighted by atomic mass is 9.89. The van der Waals surface area contributed by atoms with Gasteiger partial charge in [0.2, 0.25) is 0 Å². The molecule has 0 atom stereocenters. The van der Waals surface area contributed by atoms with E-state index < -0.39 is 5.41 Å². The first-order chi connectivity index (χ1) is 16.4. The van der Waals surface area contributed by atoms with Crippen molar-refractivity contribution < 1.29 is 18.7 Å². The van der Waals surface area contributed by atoms with Gasteiger partial charge in [-0.15, -0.1) is 0 Å². The third-order valence-electron chi connectivity index (χ3n) is 5.57. The Morgan fingerprint density at radius 2 is 1.50 bits per heavy atom. The minimum Gasteiger partial charge on any atom is -0.469 e. The van der Waals surface area contributed by atoms with E-state index in [4.69, 9.17) is 9.15 Å².